The van der Waals surface area contributed by atoms with Crippen LogP contribution in [0.5, 0.6) is 0 Å². The van der Waals surface area contributed by atoms with Gasteiger partial charge < -0.3 is 31.3 Å². The topological polar surface area (TPSA) is 151 Å². The molecule has 0 rings (SSSR count). The number of hydrogen-bond donors (Lipinski definition) is 6. The summed E-state index contributed by atoms with van der Waals surface area (Å²) in [6.45, 7) is 10.7. The number of hydrogen-bond acceptors (Lipinski definition) is 7. The molecule has 10 heteroatoms. The molecule has 0 aromatic heterocycles. The van der Waals surface area contributed by atoms with Gasteiger partial charge in [0.05, 0.1) is 57.6 Å². The third kappa shape index (κ3) is 16.0. The molecule has 6 N–H and O–H groups in total. The summed E-state index contributed by atoms with van der Waals surface area (Å²) in [4.78, 5) is 39.2. The highest BCUT2D eigenvalue weighted by Gasteiger charge is 2.23. The van der Waals surface area contributed by atoms with E-state index in [1.165, 1.54) is 4.90 Å². The van der Waals surface area contributed by atoms with Crippen molar-refractivity contribution < 1.29 is 29.7 Å². The molecule has 10 nitrogen and oxygen atoms in total. The SMILES string of the molecule is CC(C)C[C@@H](CO)NC(=O)CN(CC(=O)N[C@H](CO)CC(C)C)CC(=O)N[C@H](CO)CC(C)C. The van der Waals surface area contributed by atoms with Crippen molar-refractivity contribution in [3.63, 3.8) is 0 Å². The van der Waals surface area contributed by atoms with Crippen LogP contribution < -0.4 is 16.0 Å². The quantitative estimate of drug-likeness (QED) is 0.157. The third-order valence-corrected chi connectivity index (χ3v) is 5.13. The average Bonchev–Trinajstić information content (AvgIpc) is 2.70. The molecular weight excluding hydrogens is 440 g/mol. The fourth-order valence-corrected chi connectivity index (χ4v) is 3.84. The number of carbonyl (C=O) groups is 3. The van der Waals surface area contributed by atoms with Crippen LogP contribution in [-0.2, 0) is 14.4 Å². The highest BCUT2D eigenvalue weighted by molar-refractivity contribution is 5.84. The van der Waals surface area contributed by atoms with Crippen molar-refractivity contribution in [1.29, 1.82) is 0 Å². The van der Waals surface area contributed by atoms with Gasteiger partial charge in [0.15, 0.2) is 0 Å². The summed E-state index contributed by atoms with van der Waals surface area (Å²) in [5.74, 6) is -0.375. The maximum absolute atomic E-state index is 12.6. The summed E-state index contributed by atoms with van der Waals surface area (Å²) in [7, 11) is 0. The van der Waals surface area contributed by atoms with Crippen LogP contribution >= 0.6 is 0 Å². The second-order valence-electron chi connectivity index (χ2n) is 10.4. The molecule has 0 bridgehead atoms. The van der Waals surface area contributed by atoms with Gasteiger partial charge in [0.2, 0.25) is 17.7 Å². The number of nitrogens with one attached hydrogen (secondary N) is 3. The van der Waals surface area contributed by atoms with Crippen LogP contribution in [0.15, 0.2) is 0 Å². The van der Waals surface area contributed by atoms with Crippen molar-refractivity contribution in [2.75, 3.05) is 39.5 Å². The second kappa shape index (κ2) is 17.7. The molecule has 0 aliphatic carbocycles. The van der Waals surface area contributed by atoms with Crippen molar-refractivity contribution in [3.05, 3.63) is 0 Å². The monoisotopic (exact) mass is 488 g/mol. The Hall–Kier alpha value is -1.75. The molecule has 0 saturated heterocycles. The Balaban J connectivity index is 5.24. The maximum Gasteiger partial charge on any atom is 0.234 e. The number of rotatable bonds is 18. The lowest BCUT2D eigenvalue weighted by molar-refractivity contribution is -0.128. The van der Waals surface area contributed by atoms with Crippen LogP contribution in [0, 0.1) is 17.8 Å². The van der Waals surface area contributed by atoms with E-state index in [1.807, 2.05) is 41.5 Å². The van der Waals surface area contributed by atoms with E-state index in [9.17, 15) is 29.7 Å². The van der Waals surface area contributed by atoms with Gasteiger partial charge in [-0.3, -0.25) is 19.3 Å². The molecule has 0 aliphatic heterocycles. The van der Waals surface area contributed by atoms with E-state index < -0.39 is 35.8 Å². The smallest absolute Gasteiger partial charge is 0.234 e. The normalized spacial score (nSPS) is 14.4. The molecule has 0 aromatic carbocycles. The van der Waals surface area contributed by atoms with Gasteiger partial charge in [0.25, 0.3) is 0 Å². The van der Waals surface area contributed by atoms with Crippen molar-refractivity contribution in [2.45, 2.75) is 78.9 Å². The first kappa shape index (κ1) is 32.2. The molecule has 0 aromatic rings. The van der Waals surface area contributed by atoms with Crippen LogP contribution in [0.25, 0.3) is 0 Å². The van der Waals surface area contributed by atoms with Gasteiger partial charge in [-0.15, -0.1) is 0 Å². The largest absolute Gasteiger partial charge is 0.394 e. The van der Waals surface area contributed by atoms with E-state index in [4.69, 9.17) is 0 Å². The molecule has 200 valence electrons. The first-order valence-corrected chi connectivity index (χ1v) is 12.3. The Bertz CT molecular complexity index is 519. The van der Waals surface area contributed by atoms with E-state index in [0.29, 0.717) is 19.3 Å². The molecule has 3 atom stereocenters. The highest BCUT2D eigenvalue weighted by atomic mass is 16.3. The standard InChI is InChI=1S/C24H48N4O6/c1-16(2)7-19(13-29)25-22(32)10-28(11-23(33)26-20(14-30)8-17(3)4)12-24(34)27-21(15-31)9-18(5)6/h16-21,29-31H,7-15H2,1-6H3,(H,25,32)(H,26,33)(H,27,34)/t19-,20-,21-/m0/s1. The molecule has 0 aliphatic rings. The first-order valence-electron chi connectivity index (χ1n) is 12.3. The van der Waals surface area contributed by atoms with Gasteiger partial charge in [-0.1, -0.05) is 41.5 Å². The van der Waals surface area contributed by atoms with Crippen LogP contribution in [0.2, 0.25) is 0 Å². The lowest BCUT2D eigenvalue weighted by atomic mass is 10.0. The van der Waals surface area contributed by atoms with E-state index in [2.05, 4.69) is 16.0 Å². The summed E-state index contributed by atoms with van der Waals surface area (Å²) >= 11 is 0. The van der Waals surface area contributed by atoms with Crippen LogP contribution in [0.4, 0.5) is 0 Å². The number of aliphatic hydroxyl groups excluding tert-OH is 3. The number of carbonyl (C=O) groups excluding carboxylic acids is 3. The molecule has 0 unspecified atom stereocenters. The Labute approximate surface area is 204 Å². The zero-order chi connectivity index (χ0) is 26.3. The van der Waals surface area contributed by atoms with E-state index in [1.54, 1.807) is 0 Å². The summed E-state index contributed by atoms with van der Waals surface area (Å²) in [6, 6.07) is -1.23. The van der Waals surface area contributed by atoms with Crippen LogP contribution in [0.1, 0.15) is 60.8 Å². The Morgan fingerprint density at radius 3 is 0.971 bits per heavy atom. The van der Waals surface area contributed by atoms with Crippen molar-refractivity contribution in [3.8, 4) is 0 Å². The Morgan fingerprint density at radius 1 is 0.559 bits per heavy atom. The Morgan fingerprint density at radius 2 is 0.794 bits per heavy atom. The fourth-order valence-electron chi connectivity index (χ4n) is 3.84. The minimum atomic E-state index is -0.411. The first-order chi connectivity index (χ1) is 15.9. The van der Waals surface area contributed by atoms with Crippen LogP contribution in [-0.4, -0.2) is 95.5 Å². The molecule has 0 heterocycles. The van der Waals surface area contributed by atoms with Crippen molar-refractivity contribution in [1.82, 2.24) is 20.9 Å². The minimum absolute atomic E-state index is 0.203. The summed E-state index contributed by atoms with van der Waals surface area (Å²) in [6.07, 6.45) is 1.80. The van der Waals surface area contributed by atoms with Gasteiger partial charge in [-0.05, 0) is 37.0 Å². The number of aliphatic hydroxyl groups is 3. The second-order valence-corrected chi connectivity index (χ2v) is 10.4. The molecule has 3 amide bonds. The van der Waals surface area contributed by atoms with Crippen molar-refractivity contribution >= 4 is 17.7 Å². The number of amides is 3. The number of nitrogens with zero attached hydrogens (tertiary/aromatic N) is 1. The van der Waals surface area contributed by atoms with Crippen LogP contribution in [0.3, 0.4) is 0 Å². The third-order valence-electron chi connectivity index (χ3n) is 5.13. The van der Waals surface area contributed by atoms with E-state index >= 15 is 0 Å². The lowest BCUT2D eigenvalue weighted by Crippen LogP contribution is -2.51. The molecular formula is C24H48N4O6. The van der Waals surface area contributed by atoms with Gasteiger partial charge in [0, 0.05) is 0 Å². The zero-order valence-electron chi connectivity index (χ0n) is 21.8. The summed E-state index contributed by atoms with van der Waals surface area (Å²) in [5, 5.41) is 36.9. The van der Waals surface area contributed by atoms with Gasteiger partial charge >= 0.3 is 0 Å². The maximum atomic E-state index is 12.6. The lowest BCUT2D eigenvalue weighted by Gasteiger charge is -2.26. The highest BCUT2D eigenvalue weighted by Crippen LogP contribution is 2.06. The molecule has 0 spiro atoms. The average molecular weight is 489 g/mol. The van der Waals surface area contributed by atoms with E-state index in [-0.39, 0.29) is 57.2 Å². The van der Waals surface area contributed by atoms with Gasteiger partial charge in [0.1, 0.15) is 0 Å². The summed E-state index contributed by atoms with van der Waals surface area (Å²) < 4.78 is 0. The molecule has 0 radical (unpaired) electrons. The van der Waals surface area contributed by atoms with Gasteiger partial charge in [-0.2, -0.15) is 0 Å². The predicted octanol–water partition coefficient (Wildman–Crippen LogP) is -0.142. The zero-order valence-corrected chi connectivity index (χ0v) is 21.8. The minimum Gasteiger partial charge on any atom is -0.394 e. The van der Waals surface area contributed by atoms with Crippen molar-refractivity contribution in [2.24, 2.45) is 17.8 Å². The molecule has 0 fully saturated rings. The molecule has 34 heavy (non-hydrogen) atoms. The summed E-state index contributed by atoms with van der Waals surface area (Å²) in [5.41, 5.74) is 0. The fraction of sp³-hybridized carbons (Fsp3) is 0.875. The van der Waals surface area contributed by atoms with Gasteiger partial charge in [-0.25, -0.2) is 0 Å². The Kier molecular flexibility index (Phi) is 16.7. The van der Waals surface area contributed by atoms with E-state index in [0.717, 1.165) is 0 Å². The molecule has 0 saturated carbocycles. The predicted molar refractivity (Wildman–Crippen MR) is 132 cm³/mol.